The highest BCUT2D eigenvalue weighted by molar-refractivity contribution is 6.30. The van der Waals surface area contributed by atoms with Crippen LogP contribution in [0.3, 0.4) is 0 Å². The summed E-state index contributed by atoms with van der Waals surface area (Å²) in [6.45, 7) is 1.53. The summed E-state index contributed by atoms with van der Waals surface area (Å²) in [5.74, 6) is 0.251. The monoisotopic (exact) mass is 465 g/mol. The van der Waals surface area contributed by atoms with E-state index in [0.29, 0.717) is 30.8 Å². The number of nitrogens with zero attached hydrogens (tertiary/aromatic N) is 3. The summed E-state index contributed by atoms with van der Waals surface area (Å²) in [6.07, 6.45) is 0. The van der Waals surface area contributed by atoms with Crippen molar-refractivity contribution in [3.63, 3.8) is 0 Å². The molecule has 168 valence electrons. The van der Waals surface area contributed by atoms with Crippen LogP contribution in [0.15, 0.2) is 65.5 Å². The Labute approximate surface area is 194 Å². The van der Waals surface area contributed by atoms with Gasteiger partial charge in [0.2, 0.25) is 5.88 Å². The van der Waals surface area contributed by atoms with E-state index in [0.717, 1.165) is 16.9 Å². The van der Waals surface area contributed by atoms with Crippen molar-refractivity contribution in [3.05, 3.63) is 93.1 Å². The van der Waals surface area contributed by atoms with E-state index < -0.39 is 5.82 Å². The van der Waals surface area contributed by atoms with E-state index in [-0.39, 0.29) is 28.7 Å². The predicted octanol–water partition coefficient (Wildman–Crippen LogP) is 4.64. The molecule has 0 fully saturated rings. The topological polar surface area (TPSA) is 56.6 Å². The predicted molar refractivity (Wildman–Crippen MR) is 126 cm³/mol. The van der Waals surface area contributed by atoms with Gasteiger partial charge in [-0.15, -0.1) is 0 Å². The summed E-state index contributed by atoms with van der Waals surface area (Å²) in [5, 5.41) is 0.123. The highest BCUT2D eigenvalue weighted by atomic mass is 35.5. The van der Waals surface area contributed by atoms with Crippen molar-refractivity contribution in [2.24, 2.45) is 0 Å². The van der Waals surface area contributed by atoms with Crippen molar-refractivity contribution >= 4 is 28.2 Å². The SMILES string of the molecule is COc1ccc(CN2CCOc3nc(Cl)c(F)c4c3c2cc(=O)n4Cc2ccccc2)cc1. The molecule has 2 aromatic heterocycles. The summed E-state index contributed by atoms with van der Waals surface area (Å²) in [5.41, 5.74) is 2.23. The number of benzene rings is 2. The van der Waals surface area contributed by atoms with Crippen molar-refractivity contribution in [1.29, 1.82) is 0 Å². The molecule has 0 bridgehead atoms. The first-order valence-electron chi connectivity index (χ1n) is 10.5. The Morgan fingerprint density at radius 3 is 2.55 bits per heavy atom. The molecule has 0 unspecified atom stereocenters. The van der Waals surface area contributed by atoms with Crippen LogP contribution in [-0.2, 0) is 13.1 Å². The van der Waals surface area contributed by atoms with E-state index in [1.165, 1.54) is 10.6 Å². The van der Waals surface area contributed by atoms with Crippen LogP contribution in [0, 0.1) is 5.82 Å². The van der Waals surface area contributed by atoms with Crippen molar-refractivity contribution in [3.8, 4) is 11.6 Å². The maximum Gasteiger partial charge on any atom is 0.253 e. The molecular weight excluding hydrogens is 445 g/mol. The lowest BCUT2D eigenvalue weighted by molar-refractivity contribution is 0.318. The highest BCUT2D eigenvalue weighted by Gasteiger charge is 2.26. The molecule has 3 heterocycles. The molecule has 6 nitrogen and oxygen atoms in total. The van der Waals surface area contributed by atoms with Gasteiger partial charge >= 0.3 is 0 Å². The van der Waals surface area contributed by atoms with Crippen LogP contribution in [0.5, 0.6) is 11.6 Å². The quantitative estimate of drug-likeness (QED) is 0.402. The summed E-state index contributed by atoms with van der Waals surface area (Å²) >= 11 is 6.12. The maximum absolute atomic E-state index is 15.4. The van der Waals surface area contributed by atoms with Crippen LogP contribution >= 0.6 is 11.6 Å². The molecule has 0 saturated carbocycles. The van der Waals surface area contributed by atoms with Crippen molar-refractivity contribution < 1.29 is 13.9 Å². The molecule has 1 aliphatic heterocycles. The largest absolute Gasteiger partial charge is 0.497 e. The Hall–Kier alpha value is -3.58. The van der Waals surface area contributed by atoms with Gasteiger partial charge < -0.3 is 18.9 Å². The third-order valence-electron chi connectivity index (χ3n) is 5.75. The normalized spacial score (nSPS) is 13.0. The van der Waals surface area contributed by atoms with E-state index in [4.69, 9.17) is 21.1 Å². The molecule has 0 spiro atoms. The van der Waals surface area contributed by atoms with E-state index in [1.807, 2.05) is 59.5 Å². The first-order valence-corrected chi connectivity index (χ1v) is 10.9. The van der Waals surface area contributed by atoms with Gasteiger partial charge in [-0.1, -0.05) is 54.1 Å². The Bertz CT molecular complexity index is 1370. The summed E-state index contributed by atoms with van der Waals surface area (Å²) in [6, 6.07) is 18.6. The van der Waals surface area contributed by atoms with Gasteiger partial charge in [0.05, 0.1) is 36.8 Å². The zero-order valence-electron chi connectivity index (χ0n) is 17.9. The Morgan fingerprint density at radius 1 is 1.09 bits per heavy atom. The lowest BCUT2D eigenvalue weighted by Crippen LogP contribution is -2.29. The zero-order chi connectivity index (χ0) is 22.9. The fraction of sp³-hybridized carbons (Fsp3) is 0.200. The first kappa shape index (κ1) is 21.3. The maximum atomic E-state index is 15.4. The third kappa shape index (κ3) is 4.00. The van der Waals surface area contributed by atoms with Gasteiger partial charge in [0.15, 0.2) is 11.0 Å². The molecule has 4 aromatic rings. The second kappa shape index (κ2) is 8.75. The molecular formula is C25H21ClFN3O3. The molecule has 0 amide bonds. The number of ether oxygens (including phenoxy) is 2. The minimum Gasteiger partial charge on any atom is -0.497 e. The number of halogens is 2. The number of hydrogen-bond acceptors (Lipinski definition) is 5. The van der Waals surface area contributed by atoms with E-state index in [9.17, 15) is 4.79 Å². The van der Waals surface area contributed by atoms with Crippen molar-refractivity contribution in [2.45, 2.75) is 13.1 Å². The lowest BCUT2D eigenvalue weighted by Gasteiger charge is -2.24. The summed E-state index contributed by atoms with van der Waals surface area (Å²) in [4.78, 5) is 19.4. The van der Waals surface area contributed by atoms with E-state index in [2.05, 4.69) is 4.98 Å². The summed E-state index contributed by atoms with van der Waals surface area (Å²) in [7, 11) is 1.62. The fourth-order valence-corrected chi connectivity index (χ4v) is 4.30. The van der Waals surface area contributed by atoms with Crippen molar-refractivity contribution in [1.82, 2.24) is 9.55 Å². The molecule has 2 aromatic carbocycles. The van der Waals surface area contributed by atoms with Gasteiger partial charge in [-0.2, -0.15) is 4.98 Å². The number of pyridine rings is 2. The minimum atomic E-state index is -0.736. The Morgan fingerprint density at radius 2 is 1.82 bits per heavy atom. The highest BCUT2D eigenvalue weighted by Crippen LogP contribution is 2.38. The van der Waals surface area contributed by atoms with Gasteiger partial charge in [-0.25, -0.2) is 4.39 Å². The molecule has 0 atom stereocenters. The number of aromatic nitrogens is 2. The first-order chi connectivity index (χ1) is 16.0. The van der Waals surface area contributed by atoms with Crippen LogP contribution in [0.4, 0.5) is 10.1 Å². The minimum absolute atomic E-state index is 0.0954. The number of anilines is 1. The average molecular weight is 466 g/mol. The van der Waals surface area contributed by atoms with Crippen LogP contribution in [0.25, 0.3) is 10.9 Å². The standard InChI is InChI=1S/C25H21ClFN3O3/c1-32-18-9-7-17(8-10-18)14-29-11-12-33-25-21-19(29)13-20(31)30(15-16-5-3-2-4-6-16)23(21)22(27)24(26)28-25/h2-10,13H,11-12,14-15H2,1H3. The third-order valence-corrected chi connectivity index (χ3v) is 6.00. The molecule has 0 aliphatic carbocycles. The molecule has 0 radical (unpaired) electrons. The van der Waals surface area contributed by atoms with Crippen molar-refractivity contribution in [2.75, 3.05) is 25.2 Å². The second-order valence-electron chi connectivity index (χ2n) is 7.80. The molecule has 0 N–H and O–H groups in total. The molecule has 5 rings (SSSR count). The summed E-state index contributed by atoms with van der Waals surface area (Å²) < 4.78 is 27.9. The molecule has 33 heavy (non-hydrogen) atoms. The molecule has 0 saturated heterocycles. The van der Waals surface area contributed by atoms with E-state index >= 15 is 4.39 Å². The smallest absolute Gasteiger partial charge is 0.253 e. The fourth-order valence-electron chi connectivity index (χ4n) is 4.13. The Balaban J connectivity index is 1.67. The van der Waals surface area contributed by atoms with Crippen LogP contribution < -0.4 is 19.9 Å². The number of hydrogen-bond donors (Lipinski definition) is 0. The van der Waals surface area contributed by atoms with Crippen LogP contribution in [0.1, 0.15) is 11.1 Å². The van der Waals surface area contributed by atoms with E-state index in [1.54, 1.807) is 7.11 Å². The molecule has 1 aliphatic rings. The molecule has 8 heteroatoms. The zero-order valence-corrected chi connectivity index (χ0v) is 18.7. The Kier molecular flexibility index (Phi) is 5.64. The second-order valence-corrected chi connectivity index (χ2v) is 8.16. The van der Waals surface area contributed by atoms with Gasteiger partial charge in [0, 0.05) is 12.6 Å². The van der Waals surface area contributed by atoms with Gasteiger partial charge in [0.25, 0.3) is 5.56 Å². The number of methoxy groups -OCH3 is 1. The van der Waals surface area contributed by atoms with Gasteiger partial charge in [-0.05, 0) is 23.3 Å². The average Bonchev–Trinajstić information content (AvgIpc) is 2.99. The van der Waals surface area contributed by atoms with Crippen LogP contribution in [0.2, 0.25) is 5.15 Å². The van der Waals surface area contributed by atoms with Gasteiger partial charge in [0.1, 0.15) is 12.4 Å². The lowest BCUT2D eigenvalue weighted by atomic mass is 10.1. The van der Waals surface area contributed by atoms with Crippen LogP contribution in [-0.4, -0.2) is 29.8 Å². The number of rotatable bonds is 5. The van der Waals surface area contributed by atoms with Gasteiger partial charge in [-0.3, -0.25) is 4.79 Å².